The third-order valence-electron chi connectivity index (χ3n) is 10.4. The second-order valence-corrected chi connectivity index (χ2v) is 12.6. The van der Waals surface area contributed by atoms with Crippen molar-refractivity contribution in [2.45, 2.75) is 87.7 Å². The average molecular weight is 551 g/mol. The van der Waals surface area contributed by atoms with Crippen LogP contribution in [0, 0.1) is 11.8 Å². The first kappa shape index (κ1) is 27.0. The number of benzene rings is 2. The molecule has 5 nitrogen and oxygen atoms in total. The highest BCUT2D eigenvalue weighted by Crippen LogP contribution is 2.50. The number of hydrogen-bond donors (Lipinski definition) is 1. The zero-order valence-corrected chi connectivity index (χ0v) is 23.8. The Kier molecular flexibility index (Phi) is 7.83. The molecule has 210 valence electrons. The Morgan fingerprint density at radius 1 is 0.974 bits per heavy atom. The van der Waals surface area contributed by atoms with E-state index < -0.39 is 0 Å². The van der Waals surface area contributed by atoms with Gasteiger partial charge >= 0.3 is 0 Å². The Morgan fingerprint density at radius 2 is 1.79 bits per heavy atom. The maximum atomic E-state index is 14.7. The number of quaternary nitrogens is 1. The van der Waals surface area contributed by atoms with Crippen molar-refractivity contribution in [1.29, 1.82) is 0 Å². The van der Waals surface area contributed by atoms with Gasteiger partial charge in [0.05, 0.1) is 31.2 Å². The molecule has 0 aromatic heterocycles. The van der Waals surface area contributed by atoms with Gasteiger partial charge in [0.1, 0.15) is 5.92 Å². The number of fused-ring (bicyclic) bond motifs is 2. The fourth-order valence-corrected chi connectivity index (χ4v) is 8.24. The van der Waals surface area contributed by atoms with Gasteiger partial charge < -0.3 is 32.1 Å². The van der Waals surface area contributed by atoms with Gasteiger partial charge in [-0.1, -0.05) is 61.7 Å². The van der Waals surface area contributed by atoms with E-state index in [1.165, 1.54) is 43.2 Å². The van der Waals surface area contributed by atoms with E-state index in [0.717, 1.165) is 63.2 Å². The second kappa shape index (κ2) is 11.3. The lowest BCUT2D eigenvalue weighted by Gasteiger charge is -2.47. The molecule has 3 heterocycles. The van der Waals surface area contributed by atoms with E-state index in [1.807, 2.05) is 0 Å². The number of nitrogens with two attached hydrogens (primary N) is 1. The molecule has 0 radical (unpaired) electrons. The lowest BCUT2D eigenvalue weighted by Crippen LogP contribution is -3.00. The number of carbonyl (C=O) groups is 1. The first-order chi connectivity index (χ1) is 18.7. The van der Waals surface area contributed by atoms with E-state index in [-0.39, 0.29) is 23.7 Å². The van der Waals surface area contributed by atoms with Crippen LogP contribution in [0.1, 0.15) is 81.3 Å². The summed E-state index contributed by atoms with van der Waals surface area (Å²) in [4.78, 5) is 17.1. The van der Waals surface area contributed by atoms with Gasteiger partial charge in [-0.2, -0.15) is 0 Å². The molecule has 6 heteroatoms. The van der Waals surface area contributed by atoms with Crippen molar-refractivity contribution >= 4 is 5.91 Å². The number of halogens is 1. The van der Waals surface area contributed by atoms with Crippen LogP contribution in [-0.2, 0) is 10.2 Å². The van der Waals surface area contributed by atoms with E-state index >= 15 is 0 Å². The quantitative estimate of drug-likeness (QED) is 0.618. The molecule has 2 aromatic rings. The normalized spacial score (nSPS) is 30.8. The average Bonchev–Trinajstić information content (AvgIpc) is 3.71. The highest BCUT2D eigenvalue weighted by Gasteiger charge is 2.56. The predicted octanol–water partition coefficient (Wildman–Crippen LogP) is 1.80. The molecule has 2 N–H and O–H groups in total. The summed E-state index contributed by atoms with van der Waals surface area (Å²) in [5.74, 6) is 3.39. The van der Waals surface area contributed by atoms with Crippen molar-refractivity contribution in [1.82, 2.24) is 4.90 Å². The summed E-state index contributed by atoms with van der Waals surface area (Å²) in [6.45, 7) is 3.39. The van der Waals surface area contributed by atoms with Crippen molar-refractivity contribution in [2.75, 3.05) is 26.2 Å². The molecule has 2 aromatic carbocycles. The molecule has 2 saturated heterocycles. The number of likely N-dealkylation sites (tertiary alicyclic amines) is 1. The van der Waals surface area contributed by atoms with E-state index in [9.17, 15) is 4.79 Å². The van der Waals surface area contributed by atoms with Crippen LogP contribution in [0.4, 0.5) is 0 Å². The molecule has 7 rings (SSSR count). The third kappa shape index (κ3) is 5.06. The fourth-order valence-electron chi connectivity index (χ4n) is 8.24. The summed E-state index contributed by atoms with van der Waals surface area (Å²) in [5, 5.41) is 2.39. The SMILES string of the molecule is O=C([C@@H]1C[NH2+]C[C@]12CCOc1c(OC3CC3)cccc12)N1CC[C@@H](c2ccccc2)C[C@H]1C1CCCCC1.[Cl-]. The van der Waals surface area contributed by atoms with Gasteiger partial charge in [-0.3, -0.25) is 4.79 Å². The number of amides is 1. The summed E-state index contributed by atoms with van der Waals surface area (Å²) in [6.07, 6.45) is 12.2. The third-order valence-corrected chi connectivity index (χ3v) is 10.4. The molecule has 3 aliphatic heterocycles. The first-order valence-electron chi connectivity index (χ1n) is 15.3. The monoisotopic (exact) mass is 550 g/mol. The number of rotatable bonds is 5. The summed E-state index contributed by atoms with van der Waals surface area (Å²) in [5.41, 5.74) is 2.50. The number of piperidine rings is 1. The van der Waals surface area contributed by atoms with Crippen LogP contribution in [-0.4, -0.2) is 49.2 Å². The molecule has 1 amide bonds. The van der Waals surface area contributed by atoms with Gasteiger partial charge in [0.25, 0.3) is 0 Å². The zero-order chi connectivity index (χ0) is 25.5. The molecule has 0 bridgehead atoms. The van der Waals surface area contributed by atoms with Gasteiger partial charge in [0, 0.05) is 18.2 Å². The van der Waals surface area contributed by atoms with Crippen LogP contribution in [0.2, 0.25) is 0 Å². The van der Waals surface area contributed by atoms with Gasteiger partial charge in [-0.05, 0) is 68.4 Å². The Labute approximate surface area is 239 Å². The lowest BCUT2D eigenvalue weighted by molar-refractivity contribution is -0.640. The summed E-state index contributed by atoms with van der Waals surface area (Å²) in [6, 6.07) is 17.8. The Hall–Kier alpha value is -2.24. The Balaban J connectivity index is 0.00000277. The smallest absolute Gasteiger partial charge is 0.232 e. The van der Waals surface area contributed by atoms with Gasteiger partial charge in [-0.25, -0.2) is 0 Å². The van der Waals surface area contributed by atoms with Crippen LogP contribution >= 0.6 is 0 Å². The largest absolute Gasteiger partial charge is 1.00 e. The number of nitrogens with zero attached hydrogens (tertiary/aromatic N) is 1. The number of carbonyl (C=O) groups excluding carboxylic acids is 1. The maximum Gasteiger partial charge on any atom is 0.232 e. The van der Waals surface area contributed by atoms with E-state index in [2.05, 4.69) is 58.7 Å². The standard InChI is InChI=1S/C33H42N2O3.ClH/c36-32(35-18-16-25(23-8-3-1-4-9-23)20-29(35)24-10-5-2-6-11-24)28-21-34-22-33(28)17-19-37-31-27(33)12-7-13-30(31)38-26-14-15-26;/h1,3-4,7-9,12-13,24-26,28-29,34H,2,5-6,10-11,14-22H2;1H/t25-,28+,29+,33+;/m1./s1. The topological polar surface area (TPSA) is 55.4 Å². The van der Waals surface area contributed by atoms with Crippen LogP contribution in [0.3, 0.4) is 0 Å². The molecule has 0 unspecified atom stereocenters. The van der Waals surface area contributed by atoms with E-state index in [0.29, 0.717) is 36.5 Å². The number of hydrogen-bond acceptors (Lipinski definition) is 3. The van der Waals surface area contributed by atoms with Crippen molar-refractivity contribution in [2.24, 2.45) is 11.8 Å². The van der Waals surface area contributed by atoms with Gasteiger partial charge in [-0.15, -0.1) is 0 Å². The minimum absolute atomic E-state index is 0. The molecule has 4 atom stereocenters. The minimum atomic E-state index is -0.166. The highest BCUT2D eigenvalue weighted by atomic mass is 35.5. The summed E-state index contributed by atoms with van der Waals surface area (Å²) in [7, 11) is 0. The summed E-state index contributed by atoms with van der Waals surface area (Å²) < 4.78 is 12.5. The predicted molar refractivity (Wildman–Crippen MR) is 148 cm³/mol. The maximum absolute atomic E-state index is 14.7. The molecule has 1 spiro atoms. The molecular weight excluding hydrogens is 508 g/mol. The van der Waals surface area contributed by atoms with Crippen LogP contribution in [0.15, 0.2) is 48.5 Å². The second-order valence-electron chi connectivity index (χ2n) is 12.6. The Bertz CT molecular complexity index is 1150. The lowest BCUT2D eigenvalue weighted by atomic mass is 9.67. The van der Waals surface area contributed by atoms with Crippen molar-refractivity contribution < 1.29 is 32.0 Å². The van der Waals surface area contributed by atoms with Crippen molar-refractivity contribution in [3.8, 4) is 11.5 Å². The molecular formula is C33H43ClN2O3. The highest BCUT2D eigenvalue weighted by molar-refractivity contribution is 5.82. The Morgan fingerprint density at radius 3 is 2.59 bits per heavy atom. The van der Waals surface area contributed by atoms with Crippen molar-refractivity contribution in [3.63, 3.8) is 0 Å². The van der Waals surface area contributed by atoms with Gasteiger partial charge in [0.15, 0.2) is 11.5 Å². The van der Waals surface area contributed by atoms with Crippen LogP contribution in [0.25, 0.3) is 0 Å². The first-order valence-corrected chi connectivity index (χ1v) is 15.3. The van der Waals surface area contributed by atoms with E-state index in [1.54, 1.807) is 0 Å². The molecule has 4 fully saturated rings. The summed E-state index contributed by atoms with van der Waals surface area (Å²) >= 11 is 0. The number of para-hydroxylation sites is 1. The molecule has 39 heavy (non-hydrogen) atoms. The zero-order valence-electron chi connectivity index (χ0n) is 23.0. The van der Waals surface area contributed by atoms with E-state index in [4.69, 9.17) is 9.47 Å². The molecule has 2 saturated carbocycles. The fraction of sp³-hybridized carbons (Fsp3) is 0.606. The van der Waals surface area contributed by atoms with Gasteiger partial charge in [0.2, 0.25) is 5.91 Å². The number of ether oxygens (including phenoxy) is 2. The molecule has 5 aliphatic rings. The van der Waals surface area contributed by atoms with Crippen LogP contribution in [0.5, 0.6) is 11.5 Å². The minimum Gasteiger partial charge on any atom is -1.00 e. The molecule has 2 aliphatic carbocycles. The van der Waals surface area contributed by atoms with Crippen molar-refractivity contribution in [3.05, 3.63) is 59.7 Å². The van der Waals surface area contributed by atoms with Crippen LogP contribution < -0.4 is 27.2 Å².